The number of hydrogen-bond acceptors (Lipinski definition) is 5. The number of carbonyl (C=O) groups excluding carboxylic acids is 2. The molecular weight excluding hydrogens is 348 g/mol. The van der Waals surface area contributed by atoms with E-state index >= 15 is 0 Å². The number of rotatable bonds is 6. The van der Waals surface area contributed by atoms with Crippen molar-refractivity contribution >= 4 is 17.6 Å². The lowest BCUT2D eigenvalue weighted by Crippen LogP contribution is -2.30. The summed E-state index contributed by atoms with van der Waals surface area (Å²) in [6.07, 6.45) is -1.23. The van der Waals surface area contributed by atoms with Crippen LogP contribution in [0, 0.1) is 6.92 Å². The van der Waals surface area contributed by atoms with Crippen LogP contribution in [0.25, 0.3) is 0 Å². The van der Waals surface area contributed by atoms with Gasteiger partial charge in [0.25, 0.3) is 5.91 Å². The first-order valence-corrected chi connectivity index (χ1v) is 7.63. The minimum Gasteiger partial charge on any atom is -0.507 e. The molecule has 8 heteroatoms. The number of ether oxygens (including phenoxy) is 2. The van der Waals surface area contributed by atoms with Crippen LogP contribution < -0.4 is 10.1 Å². The Kier molecular flexibility index (Phi) is 6.11. The van der Waals surface area contributed by atoms with Crippen molar-refractivity contribution in [2.45, 2.75) is 26.6 Å². The number of hydrogen-bond donors (Lipinski definition) is 2. The van der Waals surface area contributed by atoms with E-state index in [-0.39, 0.29) is 22.7 Å². The number of aryl methyl sites for hydroxylation is 1. The molecule has 6 nitrogen and oxygen atoms in total. The Bertz CT molecular complexity index is 810. The first kappa shape index (κ1) is 19.2. The molecule has 0 unspecified atom stereocenters. The van der Waals surface area contributed by atoms with Gasteiger partial charge in [-0.3, -0.25) is 4.79 Å². The summed E-state index contributed by atoms with van der Waals surface area (Å²) in [4.78, 5) is 24.3. The van der Waals surface area contributed by atoms with Gasteiger partial charge in [0.05, 0.1) is 5.69 Å². The molecule has 0 aromatic heterocycles. The standard InChI is InChI=1S/C18H17F2NO5/c1-10-7-8-14(22)12(9-10)17(24)25-11(2)16(23)21-13-5-3-4-6-15(13)26-18(19)20/h3-9,11,18,22H,1-2H3,(H,21,23)/t11-/m0/s1. The third-order valence-corrected chi connectivity index (χ3v) is 3.39. The zero-order valence-corrected chi connectivity index (χ0v) is 14.0. The highest BCUT2D eigenvalue weighted by molar-refractivity contribution is 5.99. The van der Waals surface area contributed by atoms with Gasteiger partial charge in [-0.05, 0) is 38.1 Å². The van der Waals surface area contributed by atoms with E-state index in [1.165, 1.54) is 43.3 Å². The van der Waals surface area contributed by atoms with Gasteiger partial charge in [-0.2, -0.15) is 8.78 Å². The Morgan fingerprint density at radius 1 is 1.15 bits per heavy atom. The van der Waals surface area contributed by atoms with Crippen molar-refractivity contribution in [1.82, 2.24) is 0 Å². The maximum absolute atomic E-state index is 12.4. The second kappa shape index (κ2) is 8.28. The molecule has 2 N–H and O–H groups in total. The number of alkyl halides is 2. The minimum atomic E-state index is -3.05. The molecule has 138 valence electrons. The topological polar surface area (TPSA) is 84.9 Å². The second-order valence-corrected chi connectivity index (χ2v) is 5.43. The summed E-state index contributed by atoms with van der Waals surface area (Å²) in [5.41, 5.74) is 0.662. The lowest BCUT2D eigenvalue weighted by Gasteiger charge is -2.16. The summed E-state index contributed by atoms with van der Waals surface area (Å²) in [5, 5.41) is 12.1. The fourth-order valence-corrected chi connectivity index (χ4v) is 2.09. The number of aromatic hydroxyl groups is 1. The van der Waals surface area contributed by atoms with Gasteiger partial charge in [0.1, 0.15) is 17.1 Å². The number of esters is 1. The molecule has 0 heterocycles. The van der Waals surface area contributed by atoms with Crippen LogP contribution in [-0.2, 0) is 9.53 Å². The molecule has 1 amide bonds. The molecule has 26 heavy (non-hydrogen) atoms. The van der Waals surface area contributed by atoms with E-state index in [4.69, 9.17) is 4.74 Å². The van der Waals surface area contributed by atoms with Crippen LogP contribution in [0.2, 0.25) is 0 Å². The predicted octanol–water partition coefficient (Wildman–Crippen LogP) is 3.49. The quantitative estimate of drug-likeness (QED) is 0.766. The van der Waals surface area contributed by atoms with Crippen LogP contribution in [0.5, 0.6) is 11.5 Å². The number of halogens is 2. The van der Waals surface area contributed by atoms with E-state index in [1.807, 2.05) is 0 Å². The van der Waals surface area contributed by atoms with E-state index in [2.05, 4.69) is 10.1 Å². The Morgan fingerprint density at radius 3 is 2.54 bits per heavy atom. The average molecular weight is 365 g/mol. The number of para-hydroxylation sites is 2. The average Bonchev–Trinajstić information content (AvgIpc) is 2.58. The molecule has 0 radical (unpaired) electrons. The van der Waals surface area contributed by atoms with Crippen LogP contribution in [0.1, 0.15) is 22.8 Å². The predicted molar refractivity (Wildman–Crippen MR) is 89.4 cm³/mol. The van der Waals surface area contributed by atoms with Crippen molar-refractivity contribution in [3.8, 4) is 11.5 Å². The molecule has 1 atom stereocenters. The summed E-state index contributed by atoms with van der Waals surface area (Å²) in [6.45, 7) is -0.00392. The number of benzene rings is 2. The highest BCUT2D eigenvalue weighted by Crippen LogP contribution is 2.26. The van der Waals surface area contributed by atoms with Crippen LogP contribution >= 0.6 is 0 Å². The Hall–Kier alpha value is -3.16. The van der Waals surface area contributed by atoms with Gasteiger partial charge in [0.15, 0.2) is 6.10 Å². The molecule has 0 fully saturated rings. The molecule has 0 aliphatic carbocycles. The molecule has 0 spiro atoms. The SMILES string of the molecule is Cc1ccc(O)c(C(=O)O[C@@H](C)C(=O)Nc2ccccc2OC(F)F)c1. The molecule has 2 aromatic rings. The van der Waals surface area contributed by atoms with Gasteiger partial charge in [-0.25, -0.2) is 4.79 Å². The second-order valence-electron chi connectivity index (χ2n) is 5.43. The van der Waals surface area contributed by atoms with E-state index in [0.29, 0.717) is 0 Å². The van der Waals surface area contributed by atoms with E-state index < -0.39 is 24.6 Å². The molecule has 0 aliphatic rings. The van der Waals surface area contributed by atoms with Crippen molar-refractivity contribution in [3.05, 3.63) is 53.6 Å². The van der Waals surface area contributed by atoms with Crippen molar-refractivity contribution in [2.75, 3.05) is 5.32 Å². The summed E-state index contributed by atoms with van der Waals surface area (Å²) < 4.78 is 34.1. The molecule has 0 aliphatic heterocycles. The molecule has 0 saturated carbocycles. The van der Waals surface area contributed by atoms with Crippen molar-refractivity contribution in [2.24, 2.45) is 0 Å². The van der Waals surface area contributed by atoms with Gasteiger partial charge in [-0.1, -0.05) is 23.8 Å². The number of anilines is 1. The third-order valence-electron chi connectivity index (χ3n) is 3.39. The zero-order valence-electron chi connectivity index (χ0n) is 14.0. The van der Waals surface area contributed by atoms with E-state index in [9.17, 15) is 23.5 Å². The van der Waals surface area contributed by atoms with Crippen LogP contribution in [0.4, 0.5) is 14.5 Å². The maximum Gasteiger partial charge on any atom is 0.387 e. The van der Waals surface area contributed by atoms with E-state index in [0.717, 1.165) is 5.56 Å². The van der Waals surface area contributed by atoms with Gasteiger partial charge >= 0.3 is 12.6 Å². The number of nitrogens with one attached hydrogen (secondary N) is 1. The van der Waals surface area contributed by atoms with Gasteiger partial charge in [0.2, 0.25) is 0 Å². The number of amides is 1. The molecular formula is C18H17F2NO5. The molecule has 0 saturated heterocycles. The lowest BCUT2D eigenvalue weighted by atomic mass is 10.1. The summed E-state index contributed by atoms with van der Waals surface area (Å²) in [7, 11) is 0. The summed E-state index contributed by atoms with van der Waals surface area (Å²) in [5.74, 6) is -2.11. The Balaban J connectivity index is 2.06. The highest BCUT2D eigenvalue weighted by Gasteiger charge is 2.22. The van der Waals surface area contributed by atoms with Crippen LogP contribution in [0.3, 0.4) is 0 Å². The van der Waals surface area contributed by atoms with Crippen molar-refractivity contribution < 1.29 is 33.0 Å². The van der Waals surface area contributed by atoms with Crippen molar-refractivity contribution in [1.29, 1.82) is 0 Å². The summed E-state index contributed by atoms with van der Waals surface area (Å²) in [6, 6.07) is 10.0. The molecule has 0 bridgehead atoms. The lowest BCUT2D eigenvalue weighted by molar-refractivity contribution is -0.123. The fraction of sp³-hybridized carbons (Fsp3) is 0.222. The van der Waals surface area contributed by atoms with Crippen molar-refractivity contribution in [3.63, 3.8) is 0 Å². The Labute approximate surface area is 148 Å². The highest BCUT2D eigenvalue weighted by atomic mass is 19.3. The first-order chi connectivity index (χ1) is 12.3. The molecule has 2 aromatic carbocycles. The smallest absolute Gasteiger partial charge is 0.387 e. The fourth-order valence-electron chi connectivity index (χ4n) is 2.09. The van der Waals surface area contributed by atoms with Gasteiger partial charge in [0, 0.05) is 0 Å². The molecule has 2 rings (SSSR count). The maximum atomic E-state index is 12.4. The van der Waals surface area contributed by atoms with Crippen LogP contribution in [-0.4, -0.2) is 29.7 Å². The Morgan fingerprint density at radius 2 is 1.85 bits per heavy atom. The largest absolute Gasteiger partial charge is 0.507 e. The summed E-state index contributed by atoms with van der Waals surface area (Å²) >= 11 is 0. The van der Waals surface area contributed by atoms with Crippen LogP contribution in [0.15, 0.2) is 42.5 Å². The number of carbonyl (C=O) groups is 2. The first-order valence-electron chi connectivity index (χ1n) is 7.63. The minimum absolute atomic E-state index is 0.0131. The monoisotopic (exact) mass is 365 g/mol. The zero-order chi connectivity index (χ0) is 19.3. The third kappa shape index (κ3) is 4.92. The normalized spacial score (nSPS) is 11.7. The number of phenolic OH excluding ortho intramolecular Hbond substituents is 1. The van der Waals surface area contributed by atoms with E-state index in [1.54, 1.807) is 13.0 Å². The number of phenols is 1. The van der Waals surface area contributed by atoms with Gasteiger partial charge < -0.3 is 19.9 Å². The van der Waals surface area contributed by atoms with Gasteiger partial charge in [-0.15, -0.1) is 0 Å².